The van der Waals surface area contributed by atoms with Crippen molar-refractivity contribution in [2.75, 3.05) is 6.61 Å². The van der Waals surface area contributed by atoms with Gasteiger partial charge in [-0.05, 0) is 38.0 Å². The molecule has 0 aromatic rings. The lowest BCUT2D eigenvalue weighted by Gasteiger charge is -2.07. The third-order valence-corrected chi connectivity index (χ3v) is 12.9. The van der Waals surface area contributed by atoms with E-state index >= 15 is 0 Å². The van der Waals surface area contributed by atoms with Gasteiger partial charge in [0.05, 0.1) is 6.61 Å². The van der Waals surface area contributed by atoms with E-state index in [1.165, 1.54) is 276 Å². The molecule has 0 aliphatic carbocycles. The van der Waals surface area contributed by atoms with Crippen LogP contribution in [0.2, 0.25) is 0 Å². The van der Waals surface area contributed by atoms with Crippen molar-refractivity contribution in [3.8, 4) is 0 Å². The average molecular weight is 801 g/mol. The van der Waals surface area contributed by atoms with Gasteiger partial charge in [-0.15, -0.1) is 0 Å². The number of hydrogen-bond acceptors (Lipinski definition) is 2. The van der Waals surface area contributed by atoms with Gasteiger partial charge in [0.2, 0.25) is 0 Å². The lowest BCUT2D eigenvalue weighted by Crippen LogP contribution is -2.05. The maximum absolute atomic E-state index is 12.0. The zero-order chi connectivity index (χ0) is 41.2. The van der Waals surface area contributed by atoms with Crippen molar-refractivity contribution in [2.24, 2.45) is 5.92 Å². The molecule has 0 spiro atoms. The maximum Gasteiger partial charge on any atom is 0.305 e. The quantitative estimate of drug-likeness (QED) is 0.0348. The van der Waals surface area contributed by atoms with Gasteiger partial charge in [-0.2, -0.15) is 0 Å². The Morgan fingerprint density at radius 1 is 0.368 bits per heavy atom. The summed E-state index contributed by atoms with van der Waals surface area (Å²) in [6.45, 7) is 7.61. The molecule has 0 heterocycles. The summed E-state index contributed by atoms with van der Waals surface area (Å²) in [4.78, 5) is 12.0. The molecule has 0 fully saturated rings. The second-order valence-corrected chi connectivity index (χ2v) is 18.8. The van der Waals surface area contributed by atoms with E-state index < -0.39 is 0 Å². The van der Waals surface area contributed by atoms with Gasteiger partial charge < -0.3 is 4.74 Å². The van der Waals surface area contributed by atoms with Crippen molar-refractivity contribution in [3.63, 3.8) is 0 Å². The Bertz CT molecular complexity index is 758. The molecule has 1 unspecified atom stereocenters. The number of ether oxygens (including phenoxy) is 1. The summed E-state index contributed by atoms with van der Waals surface area (Å²) in [5.74, 6) is 0.960. The summed E-state index contributed by atoms with van der Waals surface area (Å²) in [7, 11) is 0. The first kappa shape index (κ1) is 56.2. The largest absolute Gasteiger partial charge is 0.466 e. The first-order valence-electron chi connectivity index (χ1n) is 27.0. The third kappa shape index (κ3) is 51.3. The number of hydrogen-bond donors (Lipinski definition) is 0. The van der Waals surface area contributed by atoms with Crippen molar-refractivity contribution in [1.82, 2.24) is 0 Å². The van der Waals surface area contributed by atoms with Crippen molar-refractivity contribution >= 4 is 5.97 Å². The molecule has 0 radical (unpaired) electrons. The highest BCUT2D eigenvalue weighted by Crippen LogP contribution is 2.18. The van der Waals surface area contributed by atoms with Crippen LogP contribution in [0.4, 0.5) is 0 Å². The molecule has 0 bridgehead atoms. The van der Waals surface area contributed by atoms with Gasteiger partial charge in [0, 0.05) is 6.42 Å². The number of carbonyl (C=O) groups is 1. The summed E-state index contributed by atoms with van der Waals surface area (Å²) >= 11 is 0. The highest BCUT2D eigenvalue weighted by Gasteiger charge is 2.03. The number of esters is 1. The molecule has 0 aromatic heterocycles. The van der Waals surface area contributed by atoms with Crippen LogP contribution in [0, 0.1) is 5.92 Å². The molecule has 2 heteroatoms. The molecule has 0 aliphatic rings. The molecule has 1 atom stereocenters. The van der Waals surface area contributed by atoms with E-state index in [4.69, 9.17) is 4.74 Å². The minimum atomic E-state index is 0.0188. The van der Waals surface area contributed by atoms with E-state index in [0.29, 0.717) is 13.0 Å². The van der Waals surface area contributed by atoms with Gasteiger partial charge in [0.25, 0.3) is 0 Å². The van der Waals surface area contributed by atoms with Crippen molar-refractivity contribution in [3.05, 3.63) is 12.2 Å². The van der Waals surface area contributed by atoms with E-state index in [1.807, 2.05) is 0 Å². The Balaban J connectivity index is 3.13. The number of carbonyl (C=O) groups excluding carboxylic acids is 1. The minimum absolute atomic E-state index is 0.0188. The van der Waals surface area contributed by atoms with Crippen LogP contribution in [0.15, 0.2) is 12.2 Å². The van der Waals surface area contributed by atoms with Crippen molar-refractivity contribution in [1.29, 1.82) is 0 Å². The topological polar surface area (TPSA) is 26.3 Å². The highest BCUT2D eigenvalue weighted by atomic mass is 16.5. The Kier molecular flexibility index (Phi) is 50.6. The van der Waals surface area contributed by atoms with E-state index in [0.717, 1.165) is 25.2 Å². The number of unbranched alkanes of at least 4 members (excludes halogenated alkanes) is 41. The summed E-state index contributed by atoms with van der Waals surface area (Å²) < 4.78 is 5.46. The fourth-order valence-electron chi connectivity index (χ4n) is 8.51. The van der Waals surface area contributed by atoms with Crippen LogP contribution in [0.5, 0.6) is 0 Å². The van der Waals surface area contributed by atoms with Gasteiger partial charge >= 0.3 is 5.97 Å². The van der Waals surface area contributed by atoms with Gasteiger partial charge in [-0.3, -0.25) is 4.79 Å². The van der Waals surface area contributed by atoms with Gasteiger partial charge in [0.1, 0.15) is 0 Å². The summed E-state index contributed by atoms with van der Waals surface area (Å²) in [5.41, 5.74) is 0. The van der Waals surface area contributed by atoms with Crippen LogP contribution in [-0.2, 0) is 9.53 Å². The summed E-state index contributed by atoms with van der Waals surface area (Å²) in [5, 5.41) is 0. The smallest absolute Gasteiger partial charge is 0.305 e. The lowest BCUT2D eigenvalue weighted by atomic mass is 9.99. The molecule has 2 nitrogen and oxygen atoms in total. The molecular formula is C55H108O2. The van der Waals surface area contributed by atoms with Crippen LogP contribution in [-0.4, -0.2) is 12.6 Å². The third-order valence-electron chi connectivity index (χ3n) is 12.9. The predicted octanol–water partition coefficient (Wildman–Crippen LogP) is 20.1. The molecule has 57 heavy (non-hydrogen) atoms. The second-order valence-electron chi connectivity index (χ2n) is 18.8. The molecule has 0 rings (SSSR count). The number of allylic oxidation sites excluding steroid dienone is 2. The maximum atomic E-state index is 12.0. The van der Waals surface area contributed by atoms with E-state index in [-0.39, 0.29) is 5.97 Å². The zero-order valence-electron chi connectivity index (χ0n) is 40.0. The van der Waals surface area contributed by atoms with Crippen LogP contribution >= 0.6 is 0 Å². The lowest BCUT2D eigenvalue weighted by molar-refractivity contribution is -0.143. The van der Waals surface area contributed by atoms with Crippen LogP contribution in [0.3, 0.4) is 0 Å². The Morgan fingerprint density at radius 3 is 0.982 bits per heavy atom. The average Bonchev–Trinajstić information content (AvgIpc) is 3.22. The highest BCUT2D eigenvalue weighted by molar-refractivity contribution is 5.69. The minimum Gasteiger partial charge on any atom is -0.466 e. The summed E-state index contributed by atoms with van der Waals surface area (Å²) in [6, 6.07) is 0. The van der Waals surface area contributed by atoms with E-state index in [2.05, 4.69) is 32.9 Å². The molecular weight excluding hydrogens is 693 g/mol. The van der Waals surface area contributed by atoms with Gasteiger partial charge in [0.15, 0.2) is 0 Å². The number of rotatable bonds is 50. The standard InChI is InChI=1S/C55H108O2/c1-4-6-7-8-9-10-36-40-43-46-49-52-55(56)57-53-50-47-44-41-38-35-33-31-29-27-25-23-21-19-17-15-13-11-12-14-16-18-20-22-24-26-28-30-32-34-37-39-42-45-48-51-54(3)5-2/h8-9,54H,4-7,10-53H2,1-3H3. The summed E-state index contributed by atoms with van der Waals surface area (Å²) in [6.07, 6.45) is 69.5. The second kappa shape index (κ2) is 51.4. The first-order valence-corrected chi connectivity index (χ1v) is 27.0. The normalized spacial score (nSPS) is 12.3. The van der Waals surface area contributed by atoms with E-state index in [9.17, 15) is 4.79 Å². The molecule has 0 saturated carbocycles. The van der Waals surface area contributed by atoms with Gasteiger partial charge in [-0.1, -0.05) is 296 Å². The molecule has 0 aliphatic heterocycles. The molecule has 340 valence electrons. The molecule has 0 N–H and O–H groups in total. The molecule has 0 aromatic carbocycles. The van der Waals surface area contributed by atoms with Crippen LogP contribution < -0.4 is 0 Å². The van der Waals surface area contributed by atoms with E-state index in [1.54, 1.807) is 0 Å². The fourth-order valence-corrected chi connectivity index (χ4v) is 8.51. The van der Waals surface area contributed by atoms with Crippen LogP contribution in [0.25, 0.3) is 0 Å². The predicted molar refractivity (Wildman–Crippen MR) is 258 cm³/mol. The van der Waals surface area contributed by atoms with Crippen molar-refractivity contribution < 1.29 is 9.53 Å². The monoisotopic (exact) mass is 801 g/mol. The van der Waals surface area contributed by atoms with Crippen molar-refractivity contribution in [2.45, 2.75) is 323 Å². The molecule has 0 amide bonds. The molecule has 0 saturated heterocycles. The Labute approximate surface area is 361 Å². The first-order chi connectivity index (χ1) is 28.2. The Hall–Kier alpha value is -0.790. The SMILES string of the molecule is CCCCC=CCCCCCCCC(=O)OCCCCCCCCCCCCCCCCCCCCCCCCCCCCCCCCCCCCCC(C)CC. The van der Waals surface area contributed by atoms with Gasteiger partial charge in [-0.25, -0.2) is 0 Å². The van der Waals surface area contributed by atoms with Crippen LogP contribution in [0.1, 0.15) is 323 Å². The fraction of sp³-hybridized carbons (Fsp3) is 0.945. The zero-order valence-corrected chi connectivity index (χ0v) is 40.0. The Morgan fingerprint density at radius 2 is 0.649 bits per heavy atom.